The lowest BCUT2D eigenvalue weighted by Gasteiger charge is -2.27. The fraction of sp³-hybridized carbons (Fsp3) is 0.409. The number of nitrogens with one attached hydrogen (secondary N) is 1. The molecule has 7 heteroatoms. The monoisotopic (exact) mass is 432 g/mol. The molecule has 0 aromatic heterocycles. The predicted molar refractivity (Wildman–Crippen MR) is 115 cm³/mol. The van der Waals surface area contributed by atoms with Crippen LogP contribution in [0.4, 0.5) is 5.69 Å². The van der Waals surface area contributed by atoms with E-state index in [2.05, 4.69) is 5.32 Å². The van der Waals surface area contributed by atoms with Crippen LogP contribution in [0.1, 0.15) is 31.2 Å². The Morgan fingerprint density at radius 1 is 1.14 bits per heavy atom. The normalized spacial score (nSPS) is 23.2. The van der Waals surface area contributed by atoms with Crippen LogP contribution in [0.2, 0.25) is 5.02 Å². The summed E-state index contributed by atoms with van der Waals surface area (Å²) in [5.74, 6) is 0.974. The number of hydrogen-bond acceptors (Lipinski definition) is 3. The molecule has 2 aliphatic rings. The number of hydrogen-bond donors (Lipinski definition) is 1. The molecule has 0 unspecified atom stereocenters. The molecule has 2 fully saturated rings. The highest BCUT2D eigenvalue weighted by atomic mass is 35.5. The largest absolute Gasteiger partial charge is 0.352 e. The Bertz CT molecular complexity index is 1010. The molecular formula is C22H25ClN2O3S. The first-order valence-electron chi connectivity index (χ1n) is 9.97. The molecule has 4 rings (SSSR count). The molecule has 2 saturated carbocycles. The van der Waals surface area contributed by atoms with Gasteiger partial charge in [-0.2, -0.15) is 0 Å². The maximum Gasteiger partial charge on any atom is 0.264 e. The van der Waals surface area contributed by atoms with E-state index < -0.39 is 10.0 Å². The molecule has 2 aromatic rings. The third-order valence-electron chi connectivity index (χ3n) is 6.06. The Kier molecular flexibility index (Phi) is 5.58. The zero-order chi connectivity index (χ0) is 20.6. The van der Waals surface area contributed by atoms with Crippen molar-refractivity contribution in [2.24, 2.45) is 11.8 Å². The second-order valence-corrected chi connectivity index (χ2v) is 10.5. The van der Waals surface area contributed by atoms with Crippen LogP contribution in [0.15, 0.2) is 53.4 Å². The van der Waals surface area contributed by atoms with Crippen LogP contribution in [0, 0.1) is 18.8 Å². The van der Waals surface area contributed by atoms with Gasteiger partial charge in [0.15, 0.2) is 0 Å². The van der Waals surface area contributed by atoms with Crippen molar-refractivity contribution < 1.29 is 13.2 Å². The molecule has 0 saturated heterocycles. The summed E-state index contributed by atoms with van der Waals surface area (Å²) >= 11 is 5.92. The number of carbonyl (C=O) groups excluding carboxylic acids is 1. The number of aryl methyl sites for hydroxylation is 1. The lowest BCUT2D eigenvalue weighted by Crippen LogP contribution is -2.46. The molecule has 2 bridgehead atoms. The quantitative estimate of drug-likeness (QED) is 0.745. The van der Waals surface area contributed by atoms with Gasteiger partial charge in [0, 0.05) is 11.1 Å². The lowest BCUT2D eigenvalue weighted by molar-refractivity contribution is -0.120. The number of amides is 1. The van der Waals surface area contributed by atoms with E-state index in [1.54, 1.807) is 18.2 Å². The Balaban J connectivity index is 1.60. The van der Waals surface area contributed by atoms with Crippen LogP contribution in [0.25, 0.3) is 0 Å². The van der Waals surface area contributed by atoms with E-state index in [4.69, 9.17) is 11.6 Å². The summed E-state index contributed by atoms with van der Waals surface area (Å²) in [6, 6.07) is 13.4. The van der Waals surface area contributed by atoms with Crippen LogP contribution in [-0.2, 0) is 14.8 Å². The lowest BCUT2D eigenvalue weighted by atomic mass is 9.95. The van der Waals surface area contributed by atoms with Gasteiger partial charge in [-0.25, -0.2) is 8.42 Å². The van der Waals surface area contributed by atoms with Gasteiger partial charge in [0.1, 0.15) is 6.54 Å². The number of benzene rings is 2. The molecule has 1 amide bonds. The van der Waals surface area contributed by atoms with Crippen molar-refractivity contribution in [1.29, 1.82) is 0 Å². The molecular weight excluding hydrogens is 408 g/mol. The van der Waals surface area contributed by atoms with Crippen molar-refractivity contribution in [3.63, 3.8) is 0 Å². The molecule has 0 spiro atoms. The number of rotatable bonds is 6. The third kappa shape index (κ3) is 4.28. The van der Waals surface area contributed by atoms with Gasteiger partial charge in [-0.05, 0) is 80.0 Å². The summed E-state index contributed by atoms with van der Waals surface area (Å²) in [6.07, 6.45) is 4.58. The molecule has 2 aliphatic carbocycles. The number of anilines is 1. The highest BCUT2D eigenvalue weighted by Crippen LogP contribution is 2.44. The van der Waals surface area contributed by atoms with E-state index in [9.17, 15) is 13.2 Å². The average molecular weight is 433 g/mol. The summed E-state index contributed by atoms with van der Waals surface area (Å²) in [5, 5.41) is 3.55. The SMILES string of the molecule is Cc1cccc(N(CC(=O)N[C@H]2C[C@H]3CC[C@H]2C3)S(=O)(=O)c2ccc(Cl)cc2)c1. The third-order valence-corrected chi connectivity index (χ3v) is 8.10. The van der Waals surface area contributed by atoms with Gasteiger partial charge in [0.25, 0.3) is 10.0 Å². The molecule has 0 aliphatic heterocycles. The number of carbonyl (C=O) groups is 1. The first-order chi connectivity index (χ1) is 13.8. The van der Waals surface area contributed by atoms with Gasteiger partial charge < -0.3 is 5.32 Å². The van der Waals surface area contributed by atoms with Crippen molar-refractivity contribution in [1.82, 2.24) is 5.32 Å². The van der Waals surface area contributed by atoms with Crippen molar-refractivity contribution in [3.8, 4) is 0 Å². The van der Waals surface area contributed by atoms with E-state index >= 15 is 0 Å². The minimum atomic E-state index is -3.91. The molecule has 2 aromatic carbocycles. The predicted octanol–water partition coefficient (Wildman–Crippen LogP) is 4.15. The minimum absolute atomic E-state index is 0.108. The van der Waals surface area contributed by atoms with Crippen LogP contribution < -0.4 is 9.62 Å². The molecule has 29 heavy (non-hydrogen) atoms. The minimum Gasteiger partial charge on any atom is -0.352 e. The zero-order valence-corrected chi connectivity index (χ0v) is 17.9. The summed E-state index contributed by atoms with van der Waals surface area (Å²) in [6.45, 7) is 1.65. The maximum absolute atomic E-state index is 13.4. The number of nitrogens with zero attached hydrogens (tertiary/aromatic N) is 1. The van der Waals surface area contributed by atoms with Crippen LogP contribution >= 0.6 is 11.6 Å². The first kappa shape index (κ1) is 20.2. The molecule has 154 valence electrons. The average Bonchev–Trinajstić information content (AvgIpc) is 3.29. The topological polar surface area (TPSA) is 66.5 Å². The van der Waals surface area contributed by atoms with Gasteiger partial charge in [0.2, 0.25) is 5.91 Å². The van der Waals surface area contributed by atoms with Crippen molar-refractivity contribution in [2.75, 3.05) is 10.8 Å². The number of sulfonamides is 1. The Morgan fingerprint density at radius 3 is 2.52 bits per heavy atom. The van der Waals surface area contributed by atoms with E-state index in [0.717, 1.165) is 18.4 Å². The van der Waals surface area contributed by atoms with Gasteiger partial charge in [0.05, 0.1) is 10.6 Å². The van der Waals surface area contributed by atoms with Gasteiger partial charge in [-0.1, -0.05) is 30.2 Å². The second kappa shape index (κ2) is 8.00. The highest BCUT2D eigenvalue weighted by Gasteiger charge is 2.40. The molecule has 3 atom stereocenters. The molecule has 5 nitrogen and oxygen atoms in total. The molecule has 0 heterocycles. The summed E-state index contributed by atoms with van der Waals surface area (Å²) in [5.41, 5.74) is 1.40. The van der Waals surface area contributed by atoms with Gasteiger partial charge in [-0.15, -0.1) is 0 Å². The van der Waals surface area contributed by atoms with Crippen molar-refractivity contribution >= 4 is 33.2 Å². The number of fused-ring (bicyclic) bond motifs is 2. The van der Waals surface area contributed by atoms with Crippen LogP contribution in [0.5, 0.6) is 0 Å². The molecule has 0 radical (unpaired) electrons. The zero-order valence-electron chi connectivity index (χ0n) is 16.3. The van der Waals surface area contributed by atoms with Crippen LogP contribution in [-0.4, -0.2) is 26.9 Å². The maximum atomic E-state index is 13.4. The fourth-order valence-corrected chi connectivity index (χ4v) is 6.18. The Hall–Kier alpha value is -2.05. The summed E-state index contributed by atoms with van der Waals surface area (Å²) in [4.78, 5) is 12.9. The number of halogens is 1. The van der Waals surface area contributed by atoms with Crippen molar-refractivity contribution in [2.45, 2.75) is 43.5 Å². The molecule has 1 N–H and O–H groups in total. The van der Waals surface area contributed by atoms with Gasteiger partial charge >= 0.3 is 0 Å². The summed E-state index contributed by atoms with van der Waals surface area (Å²) < 4.78 is 27.9. The highest BCUT2D eigenvalue weighted by molar-refractivity contribution is 7.92. The second-order valence-electron chi connectivity index (χ2n) is 8.15. The van der Waals surface area contributed by atoms with Crippen LogP contribution in [0.3, 0.4) is 0 Å². The Labute approximate surface area is 177 Å². The van der Waals surface area contributed by atoms with E-state index in [0.29, 0.717) is 22.5 Å². The van der Waals surface area contributed by atoms with Gasteiger partial charge in [-0.3, -0.25) is 9.10 Å². The standard InChI is InChI=1S/C22H25ClN2O3S/c1-15-3-2-4-19(11-15)25(29(27,28)20-9-7-18(23)8-10-20)14-22(26)24-21-13-16-5-6-17(21)12-16/h2-4,7-11,16-17,21H,5-6,12-14H2,1H3,(H,24,26)/t16-,17-,21-/m0/s1. The Morgan fingerprint density at radius 2 is 1.90 bits per heavy atom. The first-order valence-corrected chi connectivity index (χ1v) is 11.8. The van der Waals surface area contributed by atoms with E-state index in [-0.39, 0.29) is 23.4 Å². The smallest absolute Gasteiger partial charge is 0.264 e. The van der Waals surface area contributed by atoms with E-state index in [1.165, 1.54) is 41.4 Å². The van der Waals surface area contributed by atoms with E-state index in [1.807, 2.05) is 13.0 Å². The fourth-order valence-electron chi connectivity index (χ4n) is 4.64. The van der Waals surface area contributed by atoms with Crippen molar-refractivity contribution in [3.05, 3.63) is 59.1 Å². The summed E-state index contributed by atoms with van der Waals surface area (Å²) in [7, 11) is -3.91.